The summed E-state index contributed by atoms with van der Waals surface area (Å²) >= 11 is 3.25. The van der Waals surface area contributed by atoms with E-state index in [0.717, 1.165) is 36.9 Å². The number of hydrogen-bond donors (Lipinski definition) is 1. The quantitative estimate of drug-likeness (QED) is 0.541. The van der Waals surface area contributed by atoms with Crippen LogP contribution >= 0.6 is 23.1 Å². The van der Waals surface area contributed by atoms with Crippen molar-refractivity contribution >= 4 is 39.0 Å². The molecule has 1 aromatic carbocycles. The van der Waals surface area contributed by atoms with Gasteiger partial charge >= 0.3 is 0 Å². The number of rotatable bonds is 3. The van der Waals surface area contributed by atoms with Crippen molar-refractivity contribution in [3.8, 4) is 22.6 Å². The Morgan fingerprint density at radius 1 is 1.00 bits per heavy atom. The number of thiophene rings is 1. The molecule has 0 fully saturated rings. The second-order valence-electron chi connectivity index (χ2n) is 5.19. The van der Waals surface area contributed by atoms with E-state index in [1.807, 2.05) is 48.7 Å². The van der Waals surface area contributed by atoms with E-state index in [4.69, 9.17) is 15.7 Å². The molecule has 4 aromatic rings. The molecule has 0 aliphatic heterocycles. The van der Waals surface area contributed by atoms with E-state index in [2.05, 4.69) is 4.98 Å². The normalized spacial score (nSPS) is 11.0. The highest BCUT2D eigenvalue weighted by atomic mass is 32.2. The van der Waals surface area contributed by atoms with Gasteiger partial charge in [0, 0.05) is 23.5 Å². The number of hydrogen-bond acceptors (Lipinski definition) is 6. The van der Waals surface area contributed by atoms with Crippen LogP contribution in [0.25, 0.3) is 32.9 Å². The Bertz CT molecular complexity index is 998. The lowest BCUT2D eigenvalue weighted by Gasteiger charge is -2.07. The molecule has 4 nitrogen and oxygen atoms in total. The van der Waals surface area contributed by atoms with Crippen molar-refractivity contribution < 1.29 is 0 Å². The summed E-state index contributed by atoms with van der Waals surface area (Å²) < 4.78 is 1.07. The van der Waals surface area contributed by atoms with E-state index in [0.29, 0.717) is 5.82 Å². The van der Waals surface area contributed by atoms with E-state index in [1.165, 1.54) is 0 Å². The Morgan fingerprint density at radius 3 is 2.50 bits per heavy atom. The largest absolute Gasteiger partial charge is 0.397 e. The Balaban J connectivity index is 2.05. The van der Waals surface area contributed by atoms with Crippen LogP contribution in [0.5, 0.6) is 0 Å². The third-order valence-electron chi connectivity index (χ3n) is 3.71. The molecule has 2 N–H and O–H groups in total. The van der Waals surface area contributed by atoms with E-state index in [9.17, 15) is 0 Å². The SMILES string of the molecule is CSc1sc2nc(-c3cccnc3)nc(-c3ccccc3)c2c1N. The molecule has 0 radical (unpaired) electrons. The molecule has 0 amide bonds. The number of nitrogen functional groups attached to an aromatic ring is 1. The molecule has 0 saturated carbocycles. The molecule has 0 spiro atoms. The van der Waals surface area contributed by atoms with E-state index < -0.39 is 0 Å². The first-order valence-electron chi connectivity index (χ1n) is 7.37. The fourth-order valence-electron chi connectivity index (χ4n) is 2.58. The van der Waals surface area contributed by atoms with Crippen LogP contribution in [0.3, 0.4) is 0 Å². The lowest BCUT2D eigenvalue weighted by atomic mass is 10.1. The average molecular weight is 350 g/mol. The summed E-state index contributed by atoms with van der Waals surface area (Å²) in [5.41, 5.74) is 9.94. The molecule has 0 saturated heterocycles. The molecule has 0 atom stereocenters. The third kappa shape index (κ3) is 2.53. The summed E-state index contributed by atoms with van der Waals surface area (Å²) in [5, 5.41) is 0.934. The molecular weight excluding hydrogens is 336 g/mol. The molecule has 0 unspecified atom stereocenters. The Hall–Kier alpha value is -2.44. The lowest BCUT2D eigenvalue weighted by Crippen LogP contribution is -1.95. The maximum absolute atomic E-state index is 6.37. The highest BCUT2D eigenvalue weighted by Gasteiger charge is 2.18. The van der Waals surface area contributed by atoms with E-state index in [-0.39, 0.29) is 0 Å². The number of aromatic nitrogens is 3. The number of benzene rings is 1. The molecule has 0 aliphatic rings. The van der Waals surface area contributed by atoms with Crippen LogP contribution in [0, 0.1) is 0 Å². The Kier molecular flexibility index (Phi) is 3.92. The summed E-state index contributed by atoms with van der Waals surface area (Å²) in [6.07, 6.45) is 5.55. The molecule has 6 heteroatoms. The number of fused-ring (bicyclic) bond motifs is 1. The Morgan fingerprint density at radius 2 is 1.79 bits per heavy atom. The second kappa shape index (κ2) is 6.22. The van der Waals surface area contributed by atoms with Gasteiger partial charge in [0.1, 0.15) is 4.83 Å². The first-order valence-corrected chi connectivity index (χ1v) is 9.42. The minimum absolute atomic E-state index is 0.670. The van der Waals surface area contributed by atoms with Crippen molar-refractivity contribution in [2.24, 2.45) is 0 Å². The standard InChI is InChI=1S/C18H14N4S2/c1-23-18-14(19)13-15(11-6-3-2-4-7-11)21-16(22-17(13)24-18)12-8-5-9-20-10-12/h2-10H,19H2,1H3. The van der Waals surface area contributed by atoms with Gasteiger partial charge in [-0.3, -0.25) is 4.98 Å². The zero-order valence-corrected chi connectivity index (χ0v) is 14.6. The minimum Gasteiger partial charge on any atom is -0.397 e. The number of thioether (sulfide) groups is 1. The number of nitrogens with two attached hydrogens (primary N) is 1. The van der Waals surface area contributed by atoms with Crippen LogP contribution in [-0.2, 0) is 0 Å². The zero-order chi connectivity index (χ0) is 16.5. The lowest BCUT2D eigenvalue weighted by molar-refractivity contribution is 1.22. The molecule has 3 aromatic heterocycles. The summed E-state index contributed by atoms with van der Waals surface area (Å²) in [6.45, 7) is 0. The minimum atomic E-state index is 0.670. The van der Waals surface area contributed by atoms with E-state index >= 15 is 0 Å². The number of nitrogens with zero attached hydrogens (tertiary/aromatic N) is 3. The third-order valence-corrected chi connectivity index (χ3v) is 5.94. The number of anilines is 1. The van der Waals surface area contributed by atoms with Crippen molar-refractivity contribution in [2.45, 2.75) is 4.21 Å². The van der Waals surface area contributed by atoms with Crippen molar-refractivity contribution in [1.29, 1.82) is 0 Å². The van der Waals surface area contributed by atoms with Gasteiger partial charge in [-0.2, -0.15) is 0 Å². The molecule has 0 bridgehead atoms. The molecular formula is C18H14N4S2. The topological polar surface area (TPSA) is 64.7 Å². The van der Waals surface area contributed by atoms with Gasteiger partial charge in [-0.15, -0.1) is 23.1 Å². The van der Waals surface area contributed by atoms with Gasteiger partial charge in [0.25, 0.3) is 0 Å². The van der Waals surface area contributed by atoms with E-state index in [1.54, 1.807) is 35.5 Å². The van der Waals surface area contributed by atoms with Gasteiger partial charge < -0.3 is 5.73 Å². The highest BCUT2D eigenvalue weighted by Crippen LogP contribution is 2.43. The summed E-state index contributed by atoms with van der Waals surface area (Å²) in [7, 11) is 0. The summed E-state index contributed by atoms with van der Waals surface area (Å²) in [5.74, 6) is 0.670. The van der Waals surface area contributed by atoms with Crippen molar-refractivity contribution in [3.05, 3.63) is 54.9 Å². The zero-order valence-electron chi connectivity index (χ0n) is 12.9. The van der Waals surface area contributed by atoms with Gasteiger partial charge in [0.05, 0.1) is 21.0 Å². The van der Waals surface area contributed by atoms with Crippen LogP contribution in [0.2, 0.25) is 0 Å². The van der Waals surface area contributed by atoms with Gasteiger partial charge in [-0.05, 0) is 18.4 Å². The first-order chi connectivity index (χ1) is 11.8. The smallest absolute Gasteiger partial charge is 0.162 e. The van der Waals surface area contributed by atoms with Gasteiger partial charge in [0.2, 0.25) is 0 Å². The molecule has 3 heterocycles. The fraction of sp³-hybridized carbons (Fsp3) is 0.0556. The van der Waals surface area contributed by atoms with Crippen LogP contribution in [0.1, 0.15) is 0 Å². The monoisotopic (exact) mass is 350 g/mol. The predicted molar refractivity (Wildman–Crippen MR) is 102 cm³/mol. The maximum Gasteiger partial charge on any atom is 0.162 e. The van der Waals surface area contributed by atoms with Gasteiger partial charge in [-0.25, -0.2) is 9.97 Å². The molecule has 118 valence electrons. The van der Waals surface area contributed by atoms with Crippen molar-refractivity contribution in [1.82, 2.24) is 15.0 Å². The average Bonchev–Trinajstić information content (AvgIpc) is 2.98. The van der Waals surface area contributed by atoms with Gasteiger partial charge in [0.15, 0.2) is 5.82 Å². The van der Waals surface area contributed by atoms with Crippen LogP contribution in [0.4, 0.5) is 5.69 Å². The molecule has 0 aliphatic carbocycles. The number of pyridine rings is 1. The summed E-state index contributed by atoms with van der Waals surface area (Å²) in [4.78, 5) is 14.6. The molecule has 4 rings (SSSR count). The fourth-order valence-corrected chi connectivity index (χ4v) is 4.30. The molecule has 24 heavy (non-hydrogen) atoms. The van der Waals surface area contributed by atoms with Crippen LogP contribution in [-0.4, -0.2) is 21.2 Å². The first kappa shape index (κ1) is 15.1. The van der Waals surface area contributed by atoms with Crippen molar-refractivity contribution in [2.75, 3.05) is 12.0 Å². The van der Waals surface area contributed by atoms with Crippen LogP contribution < -0.4 is 5.73 Å². The second-order valence-corrected chi connectivity index (χ2v) is 7.27. The van der Waals surface area contributed by atoms with Crippen molar-refractivity contribution in [3.63, 3.8) is 0 Å². The maximum atomic E-state index is 6.37. The highest BCUT2D eigenvalue weighted by molar-refractivity contribution is 8.00. The van der Waals surface area contributed by atoms with Gasteiger partial charge in [-0.1, -0.05) is 30.3 Å². The predicted octanol–water partition coefficient (Wildman–Crippen LogP) is 4.72. The Labute approximate surface area is 147 Å². The summed E-state index contributed by atoms with van der Waals surface area (Å²) in [6, 6.07) is 14.0. The van der Waals surface area contributed by atoms with Crippen LogP contribution in [0.15, 0.2) is 59.1 Å².